The fourth-order valence-corrected chi connectivity index (χ4v) is 8.92. The topological polar surface area (TPSA) is 117 Å². The molecule has 0 aromatic heterocycles. The zero-order chi connectivity index (χ0) is 38.7. The van der Waals surface area contributed by atoms with Crippen molar-refractivity contribution in [2.24, 2.45) is 17.8 Å². The van der Waals surface area contributed by atoms with Gasteiger partial charge in [0.05, 0.1) is 36.6 Å². The van der Waals surface area contributed by atoms with Gasteiger partial charge in [-0.2, -0.15) is 0 Å². The molecule has 3 saturated heterocycles. The van der Waals surface area contributed by atoms with Gasteiger partial charge in [-0.3, -0.25) is 19.2 Å². The van der Waals surface area contributed by atoms with Crippen molar-refractivity contribution in [3.8, 4) is 0 Å². The summed E-state index contributed by atoms with van der Waals surface area (Å²) in [4.78, 5) is 62.5. The van der Waals surface area contributed by atoms with Crippen LogP contribution >= 0.6 is 0 Å². The Morgan fingerprint density at radius 3 is 2.39 bits per heavy atom. The molecule has 10 nitrogen and oxygen atoms in total. The Hall–Kier alpha value is -4.80. The van der Waals surface area contributed by atoms with Crippen LogP contribution in [0.3, 0.4) is 0 Å². The molecule has 3 amide bonds. The number of nitrogens with zero attached hydrogens (tertiary/aromatic N) is 3. The Morgan fingerprint density at radius 2 is 1.72 bits per heavy atom. The molecule has 3 aliphatic rings. The summed E-state index contributed by atoms with van der Waals surface area (Å²) in [6.45, 7) is 13.3. The first-order valence-corrected chi connectivity index (χ1v) is 19.1. The highest BCUT2D eigenvalue weighted by atomic mass is 16.6. The van der Waals surface area contributed by atoms with Crippen molar-refractivity contribution < 1.29 is 33.8 Å². The van der Waals surface area contributed by atoms with Gasteiger partial charge >= 0.3 is 5.97 Å². The van der Waals surface area contributed by atoms with E-state index in [-0.39, 0.29) is 37.3 Å². The van der Waals surface area contributed by atoms with Gasteiger partial charge in [-0.1, -0.05) is 86.7 Å². The highest BCUT2D eigenvalue weighted by Crippen LogP contribution is 2.59. The molecule has 2 bridgehead atoms. The molecule has 1 N–H and O–H groups in total. The molecular formula is C44H53N3O7. The number of amides is 3. The second-order valence-corrected chi connectivity index (χ2v) is 15.4. The largest absolute Gasteiger partial charge is 0.455 e. The van der Waals surface area contributed by atoms with E-state index in [1.165, 1.54) is 4.90 Å². The number of anilines is 1. The summed E-state index contributed by atoms with van der Waals surface area (Å²) in [6, 6.07) is 20.6. The fourth-order valence-electron chi connectivity index (χ4n) is 8.92. The molecule has 0 radical (unpaired) electrons. The molecular weight excluding hydrogens is 682 g/mol. The number of benzene rings is 3. The first-order chi connectivity index (χ1) is 26.0. The van der Waals surface area contributed by atoms with Gasteiger partial charge in [0.1, 0.15) is 17.7 Å². The summed E-state index contributed by atoms with van der Waals surface area (Å²) in [5.74, 6) is -3.35. The van der Waals surface area contributed by atoms with Crippen LogP contribution in [0.2, 0.25) is 0 Å². The van der Waals surface area contributed by atoms with Gasteiger partial charge in [-0.15, -0.1) is 13.2 Å². The van der Waals surface area contributed by atoms with Crippen LogP contribution in [0, 0.1) is 17.8 Å². The number of carbonyl (C=O) groups excluding carboxylic acids is 4. The lowest BCUT2D eigenvalue weighted by atomic mass is 9.70. The summed E-state index contributed by atoms with van der Waals surface area (Å²) < 4.78 is 13.2. The van der Waals surface area contributed by atoms with Crippen molar-refractivity contribution in [3.05, 3.63) is 104 Å². The van der Waals surface area contributed by atoms with E-state index in [4.69, 9.17) is 9.47 Å². The molecule has 3 fully saturated rings. The van der Waals surface area contributed by atoms with E-state index in [9.17, 15) is 19.5 Å². The Kier molecular flexibility index (Phi) is 11.7. The third kappa shape index (κ3) is 7.09. The van der Waals surface area contributed by atoms with Gasteiger partial charge in [0, 0.05) is 25.7 Å². The minimum atomic E-state index is -1.31. The second kappa shape index (κ2) is 16.3. The summed E-state index contributed by atoms with van der Waals surface area (Å²) in [6.07, 6.45) is 3.95. The minimum Gasteiger partial charge on any atom is -0.455 e. The Labute approximate surface area is 318 Å². The minimum absolute atomic E-state index is 0.103. The number of likely N-dealkylation sites (N-methyl/N-ethyl adjacent to an activating group) is 1. The number of carbonyl (C=O) groups is 4. The van der Waals surface area contributed by atoms with Crippen LogP contribution in [0.15, 0.2) is 98.1 Å². The fraction of sp³-hybridized carbons (Fsp3) is 0.455. The van der Waals surface area contributed by atoms with Gasteiger partial charge in [0.15, 0.2) is 0 Å². The summed E-state index contributed by atoms with van der Waals surface area (Å²) >= 11 is 0. The Balaban J connectivity index is 1.38. The van der Waals surface area contributed by atoms with Gasteiger partial charge in [-0.25, -0.2) is 0 Å². The number of fused-ring (bicyclic) bond motifs is 2. The van der Waals surface area contributed by atoms with Crippen LogP contribution in [-0.4, -0.2) is 88.6 Å². The van der Waals surface area contributed by atoms with Crippen molar-refractivity contribution in [2.75, 3.05) is 25.1 Å². The zero-order valence-electron chi connectivity index (χ0n) is 31.8. The smallest absolute Gasteiger partial charge is 0.313 e. The van der Waals surface area contributed by atoms with Crippen molar-refractivity contribution >= 4 is 40.2 Å². The maximum Gasteiger partial charge on any atom is 0.313 e. The number of rotatable bonds is 16. The molecule has 8 atom stereocenters. The average Bonchev–Trinajstić information content (AvgIpc) is 3.83. The molecule has 3 aromatic rings. The van der Waals surface area contributed by atoms with E-state index >= 15 is 4.79 Å². The lowest BCUT2D eigenvalue weighted by Crippen LogP contribution is -2.59. The van der Waals surface area contributed by atoms with Crippen LogP contribution < -0.4 is 4.90 Å². The summed E-state index contributed by atoms with van der Waals surface area (Å²) in [5, 5.41) is 12.8. The predicted molar refractivity (Wildman–Crippen MR) is 208 cm³/mol. The van der Waals surface area contributed by atoms with Gasteiger partial charge < -0.3 is 29.3 Å². The molecule has 54 heavy (non-hydrogen) atoms. The lowest BCUT2D eigenvalue weighted by Gasteiger charge is -2.39. The average molecular weight is 736 g/mol. The summed E-state index contributed by atoms with van der Waals surface area (Å²) in [5.41, 5.74) is 0.0416. The van der Waals surface area contributed by atoms with Crippen LogP contribution in [0.1, 0.15) is 64.5 Å². The standard InChI is InChI=1S/C44H53N3O7/c1-7-9-19-36(49)45(6)29(5)39(31-16-11-10-12-17-31)53-43(52)37-35-22-23-44(54-35)38(37)41(50)47(34(27-48)25-28(3)4)40(44)42(51)46(24-8-2)33-21-20-30-15-13-14-18-32(30)26-33/h7-8,10-18,20-21,26,28-29,34-35,37-40,48H,1-2,9,19,22-25,27H2,3-6H3/t29-,34-,35+,37-,38-,39+,40+,44-/m1/s1. The number of aliphatic hydroxyl groups is 1. The maximum absolute atomic E-state index is 15.2. The van der Waals surface area contributed by atoms with E-state index < -0.39 is 59.6 Å². The second-order valence-electron chi connectivity index (χ2n) is 15.4. The number of allylic oxidation sites excluding steroid dienone is 1. The zero-order valence-corrected chi connectivity index (χ0v) is 31.8. The van der Waals surface area contributed by atoms with Crippen molar-refractivity contribution in [2.45, 2.75) is 88.8 Å². The van der Waals surface area contributed by atoms with E-state index in [1.807, 2.05) is 93.6 Å². The van der Waals surface area contributed by atoms with Crippen LogP contribution in [0.5, 0.6) is 0 Å². The molecule has 286 valence electrons. The van der Waals surface area contributed by atoms with Crippen LogP contribution in [-0.2, 0) is 28.7 Å². The number of hydrogen-bond donors (Lipinski definition) is 1. The molecule has 1 spiro atoms. The molecule has 3 heterocycles. The molecule has 3 aliphatic heterocycles. The number of ether oxygens (including phenoxy) is 2. The third-order valence-corrected chi connectivity index (χ3v) is 11.6. The highest BCUT2D eigenvalue weighted by Gasteiger charge is 2.75. The molecule has 0 unspecified atom stereocenters. The number of hydrogen-bond acceptors (Lipinski definition) is 7. The van der Waals surface area contributed by atoms with E-state index in [2.05, 4.69) is 13.2 Å². The highest BCUT2D eigenvalue weighted by molar-refractivity contribution is 6.05. The maximum atomic E-state index is 15.2. The number of aliphatic hydroxyl groups excluding tert-OH is 1. The van der Waals surface area contributed by atoms with Crippen LogP contribution in [0.4, 0.5) is 5.69 Å². The van der Waals surface area contributed by atoms with E-state index in [0.717, 1.165) is 10.8 Å². The predicted octanol–water partition coefficient (Wildman–Crippen LogP) is 6.24. The van der Waals surface area contributed by atoms with E-state index in [1.54, 1.807) is 29.0 Å². The van der Waals surface area contributed by atoms with Crippen molar-refractivity contribution in [1.82, 2.24) is 9.80 Å². The SMILES string of the molecule is C=CCCC(=O)N(C)[C@H](C)[C@H](OC(=O)[C@@H]1[C@@H]2CC[C@]3(O2)[C@H](C(=O)N(CC=C)c2ccc4ccccc4c2)N([C@@H](CO)CC(C)C)C(=O)[C@@H]13)c1ccccc1. The normalized spacial score (nSPS) is 24.6. The first kappa shape index (κ1) is 38.9. The Morgan fingerprint density at radius 1 is 1.02 bits per heavy atom. The van der Waals surface area contributed by atoms with Crippen LogP contribution in [0.25, 0.3) is 10.8 Å². The van der Waals surface area contributed by atoms with Crippen molar-refractivity contribution in [3.63, 3.8) is 0 Å². The third-order valence-electron chi connectivity index (χ3n) is 11.6. The molecule has 6 rings (SSSR count). The molecule has 10 heteroatoms. The van der Waals surface area contributed by atoms with Gasteiger partial charge in [-0.05, 0) is 67.0 Å². The first-order valence-electron chi connectivity index (χ1n) is 19.1. The molecule has 3 aromatic carbocycles. The molecule has 0 aliphatic carbocycles. The molecule has 0 saturated carbocycles. The van der Waals surface area contributed by atoms with Crippen molar-refractivity contribution in [1.29, 1.82) is 0 Å². The number of esters is 1. The van der Waals surface area contributed by atoms with E-state index in [0.29, 0.717) is 36.9 Å². The number of likely N-dealkylation sites (tertiary alicyclic amines) is 1. The summed E-state index contributed by atoms with van der Waals surface area (Å²) in [7, 11) is 1.69. The van der Waals surface area contributed by atoms with Gasteiger partial charge in [0.25, 0.3) is 5.91 Å². The van der Waals surface area contributed by atoms with Gasteiger partial charge in [0.2, 0.25) is 11.8 Å². The lowest BCUT2D eigenvalue weighted by molar-refractivity contribution is -0.165. The quantitative estimate of drug-likeness (QED) is 0.137. The Bertz CT molecular complexity index is 1880. The monoisotopic (exact) mass is 735 g/mol.